The van der Waals surface area contributed by atoms with E-state index < -0.39 is 20.2 Å². The second-order valence-electron chi connectivity index (χ2n) is 4.70. The Kier molecular flexibility index (Phi) is 5.71. The summed E-state index contributed by atoms with van der Waals surface area (Å²) in [5.74, 6) is -0.218. The van der Waals surface area contributed by atoms with E-state index >= 15 is 0 Å². The molecule has 8 nitrogen and oxygen atoms in total. The third-order valence-electron chi connectivity index (χ3n) is 2.98. The van der Waals surface area contributed by atoms with E-state index in [0.717, 1.165) is 4.31 Å². The van der Waals surface area contributed by atoms with Crippen molar-refractivity contribution in [1.29, 1.82) is 0 Å². The van der Waals surface area contributed by atoms with Crippen molar-refractivity contribution < 1.29 is 16.8 Å². The molecule has 1 heterocycles. The highest BCUT2D eigenvalue weighted by molar-refractivity contribution is 7.89. The van der Waals surface area contributed by atoms with E-state index in [-0.39, 0.29) is 12.3 Å². The largest absolute Gasteiger partial charge is 0.304 e. The van der Waals surface area contributed by atoms with E-state index in [1.165, 1.54) is 18.4 Å². The van der Waals surface area contributed by atoms with Crippen LogP contribution in [0, 0.1) is 0 Å². The van der Waals surface area contributed by atoms with Crippen LogP contribution < -0.4 is 4.72 Å². The first-order chi connectivity index (χ1) is 8.65. The van der Waals surface area contributed by atoms with Crippen LogP contribution in [0.2, 0.25) is 0 Å². The Morgan fingerprint density at radius 2 is 1.58 bits per heavy atom. The molecule has 0 aliphatic carbocycles. The summed E-state index contributed by atoms with van der Waals surface area (Å²) >= 11 is 0. The monoisotopic (exact) mass is 314 g/mol. The highest BCUT2D eigenvalue weighted by Gasteiger charge is 2.25. The highest BCUT2D eigenvalue weighted by Crippen LogP contribution is 2.06. The molecule has 0 aromatic heterocycles. The van der Waals surface area contributed by atoms with Crippen LogP contribution in [0.1, 0.15) is 0 Å². The van der Waals surface area contributed by atoms with E-state index in [4.69, 9.17) is 0 Å². The summed E-state index contributed by atoms with van der Waals surface area (Å²) in [7, 11) is -2.25. The van der Waals surface area contributed by atoms with Crippen LogP contribution in [0.15, 0.2) is 0 Å². The predicted molar refractivity (Wildman–Crippen MR) is 73.5 cm³/mol. The number of nitrogens with one attached hydrogen (secondary N) is 1. The molecule has 1 aliphatic rings. The lowest BCUT2D eigenvalue weighted by atomic mass is 10.4. The van der Waals surface area contributed by atoms with E-state index in [2.05, 4.69) is 9.62 Å². The lowest BCUT2D eigenvalue weighted by Crippen LogP contribution is -2.49. The van der Waals surface area contributed by atoms with Gasteiger partial charge in [0.05, 0.1) is 5.75 Å². The molecule has 0 spiro atoms. The summed E-state index contributed by atoms with van der Waals surface area (Å²) in [4.78, 5) is 2.06. The molecule has 0 radical (unpaired) electrons. The summed E-state index contributed by atoms with van der Waals surface area (Å²) in [6, 6.07) is 0. The van der Waals surface area contributed by atoms with Gasteiger partial charge in [0.1, 0.15) is 0 Å². The van der Waals surface area contributed by atoms with Crippen molar-refractivity contribution in [2.75, 3.05) is 59.6 Å². The molecular weight excluding hydrogens is 292 g/mol. The predicted octanol–water partition coefficient (Wildman–Crippen LogP) is -2.04. The van der Waals surface area contributed by atoms with Crippen LogP contribution in [0.5, 0.6) is 0 Å². The number of sulfonamides is 1. The first-order valence-corrected chi connectivity index (χ1v) is 9.03. The standard InChI is InChI=1S/C9H22N4O4S2/c1-11(2)19(16,17)10-4-9-18(14,15)13-7-5-12(3)6-8-13/h10H,4-9H2,1-3H3. The topological polar surface area (TPSA) is 90.0 Å². The molecule has 10 heteroatoms. The molecule has 0 aromatic rings. The number of piperazine rings is 1. The van der Waals surface area contributed by atoms with Gasteiger partial charge >= 0.3 is 0 Å². The maximum absolute atomic E-state index is 12.0. The fourth-order valence-electron chi connectivity index (χ4n) is 1.62. The molecule has 0 aromatic carbocycles. The van der Waals surface area contributed by atoms with Gasteiger partial charge in [0.2, 0.25) is 10.0 Å². The van der Waals surface area contributed by atoms with Crippen molar-refractivity contribution >= 4 is 20.2 Å². The average Bonchev–Trinajstić information content (AvgIpc) is 2.28. The minimum Gasteiger partial charge on any atom is -0.304 e. The van der Waals surface area contributed by atoms with Crippen molar-refractivity contribution in [3.63, 3.8) is 0 Å². The van der Waals surface area contributed by atoms with Gasteiger partial charge in [-0.15, -0.1) is 0 Å². The SMILES string of the molecule is CN1CCN(S(=O)(=O)CCNS(=O)(=O)N(C)C)CC1. The van der Waals surface area contributed by atoms with Crippen molar-refractivity contribution in [2.45, 2.75) is 0 Å². The Hall–Kier alpha value is -0.260. The zero-order chi connectivity index (χ0) is 14.7. The number of hydrogen-bond donors (Lipinski definition) is 1. The Balaban J connectivity index is 2.48. The van der Waals surface area contributed by atoms with Gasteiger partial charge in [0.25, 0.3) is 10.2 Å². The second kappa shape index (κ2) is 6.46. The molecule has 1 saturated heterocycles. The molecule has 1 fully saturated rings. The smallest absolute Gasteiger partial charge is 0.278 e. The molecule has 0 unspecified atom stereocenters. The highest BCUT2D eigenvalue weighted by atomic mass is 32.2. The normalized spacial score (nSPS) is 20.0. The lowest BCUT2D eigenvalue weighted by Gasteiger charge is -2.31. The number of rotatable bonds is 6. The zero-order valence-corrected chi connectivity index (χ0v) is 13.2. The van der Waals surface area contributed by atoms with Crippen molar-refractivity contribution in [3.8, 4) is 0 Å². The van der Waals surface area contributed by atoms with Gasteiger partial charge in [-0.25, -0.2) is 13.1 Å². The molecule has 0 bridgehead atoms. The molecular formula is C9H22N4O4S2. The Labute approximate surface area is 115 Å². The average molecular weight is 314 g/mol. The molecule has 0 saturated carbocycles. The van der Waals surface area contributed by atoms with E-state index in [9.17, 15) is 16.8 Å². The third kappa shape index (κ3) is 4.97. The zero-order valence-electron chi connectivity index (χ0n) is 11.5. The van der Waals surface area contributed by atoms with Crippen LogP contribution in [0.25, 0.3) is 0 Å². The van der Waals surface area contributed by atoms with Gasteiger partial charge in [-0.05, 0) is 7.05 Å². The molecule has 1 rings (SSSR count). The van der Waals surface area contributed by atoms with Crippen LogP contribution >= 0.6 is 0 Å². The van der Waals surface area contributed by atoms with Gasteiger partial charge in [0.15, 0.2) is 0 Å². The lowest BCUT2D eigenvalue weighted by molar-refractivity contribution is 0.222. The minimum atomic E-state index is -3.57. The molecule has 1 aliphatic heterocycles. The van der Waals surface area contributed by atoms with Crippen LogP contribution in [-0.4, -0.2) is 90.0 Å². The second-order valence-corrected chi connectivity index (χ2v) is 8.76. The summed E-state index contributed by atoms with van der Waals surface area (Å²) in [6.07, 6.45) is 0. The maximum atomic E-state index is 12.0. The minimum absolute atomic E-state index is 0.116. The van der Waals surface area contributed by atoms with Crippen LogP contribution in [0.4, 0.5) is 0 Å². The summed E-state index contributed by atoms with van der Waals surface area (Å²) in [5, 5.41) is 0. The summed E-state index contributed by atoms with van der Waals surface area (Å²) in [6.45, 7) is 2.19. The number of nitrogens with zero attached hydrogens (tertiary/aromatic N) is 3. The van der Waals surface area contributed by atoms with Gasteiger partial charge < -0.3 is 4.90 Å². The number of likely N-dealkylation sites (N-methyl/N-ethyl adjacent to an activating group) is 1. The van der Waals surface area contributed by atoms with Gasteiger partial charge in [0, 0.05) is 46.8 Å². The van der Waals surface area contributed by atoms with Gasteiger partial charge in [-0.1, -0.05) is 0 Å². The Morgan fingerprint density at radius 1 is 1.05 bits per heavy atom. The van der Waals surface area contributed by atoms with Crippen LogP contribution in [-0.2, 0) is 20.2 Å². The van der Waals surface area contributed by atoms with Gasteiger partial charge in [-0.2, -0.15) is 17.0 Å². The molecule has 0 amide bonds. The summed E-state index contributed by atoms with van der Waals surface area (Å²) < 4.78 is 51.6. The van der Waals surface area contributed by atoms with E-state index in [1.807, 2.05) is 7.05 Å². The van der Waals surface area contributed by atoms with Crippen molar-refractivity contribution in [2.24, 2.45) is 0 Å². The van der Waals surface area contributed by atoms with Crippen molar-refractivity contribution in [1.82, 2.24) is 18.2 Å². The van der Waals surface area contributed by atoms with Crippen molar-refractivity contribution in [3.05, 3.63) is 0 Å². The molecule has 19 heavy (non-hydrogen) atoms. The first kappa shape index (κ1) is 16.8. The Morgan fingerprint density at radius 3 is 2.05 bits per heavy atom. The fraction of sp³-hybridized carbons (Fsp3) is 1.00. The molecule has 0 atom stereocenters. The summed E-state index contributed by atoms with van der Waals surface area (Å²) in [5.41, 5.74) is 0. The Bertz CT molecular complexity index is 480. The van der Waals surface area contributed by atoms with E-state index in [1.54, 1.807) is 0 Å². The fourth-order valence-corrected chi connectivity index (χ4v) is 3.71. The quantitative estimate of drug-likeness (QED) is 0.610. The molecule has 114 valence electrons. The molecule has 1 N–H and O–H groups in total. The maximum Gasteiger partial charge on any atom is 0.278 e. The van der Waals surface area contributed by atoms with Gasteiger partial charge in [-0.3, -0.25) is 0 Å². The third-order valence-corrected chi connectivity index (χ3v) is 6.38. The van der Waals surface area contributed by atoms with Crippen LogP contribution in [0.3, 0.4) is 0 Å². The van der Waals surface area contributed by atoms with E-state index in [0.29, 0.717) is 26.2 Å². The first-order valence-electron chi connectivity index (χ1n) is 5.98. The number of hydrogen-bond acceptors (Lipinski definition) is 5.